The molecule has 4 N–H and O–H groups in total. The largest absolute Gasteiger partial charge is 0.396 e. The van der Waals surface area contributed by atoms with Gasteiger partial charge >= 0.3 is 0 Å². The lowest BCUT2D eigenvalue weighted by Gasteiger charge is -2.22. The van der Waals surface area contributed by atoms with E-state index in [9.17, 15) is 9.90 Å². The fourth-order valence-electron chi connectivity index (χ4n) is 3.88. The maximum atomic E-state index is 10.8. The first-order chi connectivity index (χ1) is 13.6. The van der Waals surface area contributed by atoms with Crippen LogP contribution >= 0.6 is 0 Å². The van der Waals surface area contributed by atoms with E-state index in [0.717, 1.165) is 64.4 Å². The van der Waals surface area contributed by atoms with Crippen molar-refractivity contribution in [3.05, 3.63) is 24.3 Å². The van der Waals surface area contributed by atoms with Gasteiger partial charge in [0.1, 0.15) is 0 Å². The SMILES string of the molecule is CCCO[C@@H]1C[C@H](O)C(CC=CCCCC(N)=O)[C@H]1C=CCCCCCCO. The molecule has 1 fully saturated rings. The van der Waals surface area contributed by atoms with Gasteiger partial charge in [0, 0.05) is 32.0 Å². The van der Waals surface area contributed by atoms with Gasteiger partial charge in [0.15, 0.2) is 0 Å². The first-order valence-electron chi connectivity index (χ1n) is 11.1. The predicted molar refractivity (Wildman–Crippen MR) is 114 cm³/mol. The molecule has 4 atom stereocenters. The molecule has 28 heavy (non-hydrogen) atoms. The number of aliphatic hydroxyl groups excluding tert-OH is 2. The highest BCUT2D eigenvalue weighted by Crippen LogP contribution is 2.38. The van der Waals surface area contributed by atoms with Gasteiger partial charge in [-0.1, -0.05) is 44.1 Å². The fraction of sp³-hybridized carbons (Fsp3) is 0.783. The molecule has 0 radical (unpaired) electrons. The van der Waals surface area contributed by atoms with E-state index >= 15 is 0 Å². The van der Waals surface area contributed by atoms with Crippen molar-refractivity contribution in [1.82, 2.24) is 0 Å². The van der Waals surface area contributed by atoms with E-state index in [4.69, 9.17) is 15.6 Å². The molecule has 0 bridgehead atoms. The minimum atomic E-state index is -0.337. The molecule has 0 aromatic rings. The first-order valence-corrected chi connectivity index (χ1v) is 11.1. The number of amides is 1. The van der Waals surface area contributed by atoms with E-state index in [1.165, 1.54) is 0 Å². The van der Waals surface area contributed by atoms with Crippen LogP contribution in [0.4, 0.5) is 0 Å². The van der Waals surface area contributed by atoms with Gasteiger partial charge in [-0.25, -0.2) is 0 Å². The maximum Gasteiger partial charge on any atom is 0.217 e. The van der Waals surface area contributed by atoms with Gasteiger partial charge < -0.3 is 20.7 Å². The summed E-state index contributed by atoms with van der Waals surface area (Å²) in [5.41, 5.74) is 5.16. The molecule has 1 aliphatic carbocycles. The number of aliphatic hydroxyl groups is 2. The molecule has 0 aromatic heterocycles. The van der Waals surface area contributed by atoms with Crippen molar-refractivity contribution in [2.45, 2.75) is 89.8 Å². The number of hydrogen-bond acceptors (Lipinski definition) is 4. The van der Waals surface area contributed by atoms with Gasteiger partial charge in [-0.3, -0.25) is 4.79 Å². The number of rotatable bonds is 16. The van der Waals surface area contributed by atoms with E-state index in [0.29, 0.717) is 12.8 Å². The highest BCUT2D eigenvalue weighted by atomic mass is 16.5. The van der Waals surface area contributed by atoms with Gasteiger partial charge in [0.05, 0.1) is 12.2 Å². The Morgan fingerprint density at radius 1 is 1.11 bits per heavy atom. The second-order valence-corrected chi connectivity index (χ2v) is 7.87. The van der Waals surface area contributed by atoms with Gasteiger partial charge in [-0.2, -0.15) is 0 Å². The van der Waals surface area contributed by atoms with Crippen LogP contribution in [0.25, 0.3) is 0 Å². The van der Waals surface area contributed by atoms with Crippen LogP contribution in [0.15, 0.2) is 24.3 Å². The Labute approximate surface area is 171 Å². The number of carbonyl (C=O) groups is 1. The van der Waals surface area contributed by atoms with Crippen LogP contribution in [0.1, 0.15) is 77.6 Å². The highest BCUT2D eigenvalue weighted by molar-refractivity contribution is 5.73. The third-order valence-electron chi connectivity index (χ3n) is 5.43. The van der Waals surface area contributed by atoms with Crippen molar-refractivity contribution in [3.8, 4) is 0 Å². The number of unbranched alkanes of at least 4 members (excludes halogenated alkanes) is 5. The van der Waals surface area contributed by atoms with Crippen molar-refractivity contribution >= 4 is 5.91 Å². The van der Waals surface area contributed by atoms with E-state index < -0.39 is 0 Å². The molecule has 0 saturated heterocycles. The smallest absolute Gasteiger partial charge is 0.217 e. The number of ether oxygens (including phenoxy) is 1. The summed E-state index contributed by atoms with van der Waals surface area (Å²) in [6, 6.07) is 0. The minimum Gasteiger partial charge on any atom is -0.396 e. The number of allylic oxidation sites excluding steroid dienone is 3. The van der Waals surface area contributed by atoms with Crippen molar-refractivity contribution < 1.29 is 19.7 Å². The van der Waals surface area contributed by atoms with Crippen LogP contribution in [0.2, 0.25) is 0 Å². The summed E-state index contributed by atoms with van der Waals surface area (Å²) in [5, 5.41) is 19.4. The molecule has 0 aromatic carbocycles. The summed E-state index contributed by atoms with van der Waals surface area (Å²) in [7, 11) is 0. The van der Waals surface area contributed by atoms with Gasteiger partial charge in [0.25, 0.3) is 0 Å². The Kier molecular flexibility index (Phi) is 14.0. The molecular formula is C23H41NO4. The molecule has 1 amide bonds. The number of primary amides is 1. The van der Waals surface area contributed by atoms with Crippen molar-refractivity contribution in [2.75, 3.05) is 13.2 Å². The molecule has 5 nitrogen and oxygen atoms in total. The average molecular weight is 396 g/mol. The number of hydrogen-bond donors (Lipinski definition) is 3. The van der Waals surface area contributed by atoms with Gasteiger partial charge in [-0.15, -0.1) is 0 Å². The van der Waals surface area contributed by atoms with E-state index in [-0.39, 0.29) is 36.6 Å². The average Bonchev–Trinajstić information content (AvgIpc) is 2.96. The Balaban J connectivity index is 2.52. The van der Waals surface area contributed by atoms with Gasteiger partial charge in [0.2, 0.25) is 5.91 Å². The molecule has 162 valence electrons. The normalized spacial score (nSPS) is 25.2. The minimum absolute atomic E-state index is 0.0915. The zero-order valence-electron chi connectivity index (χ0n) is 17.6. The van der Waals surface area contributed by atoms with Crippen LogP contribution < -0.4 is 5.73 Å². The monoisotopic (exact) mass is 395 g/mol. The lowest BCUT2D eigenvalue weighted by Crippen LogP contribution is -2.22. The molecule has 0 heterocycles. The Hall–Kier alpha value is -1.17. The quantitative estimate of drug-likeness (QED) is 0.273. The van der Waals surface area contributed by atoms with E-state index in [1.54, 1.807) is 0 Å². The van der Waals surface area contributed by atoms with Crippen LogP contribution in [0, 0.1) is 11.8 Å². The van der Waals surface area contributed by atoms with Gasteiger partial charge in [-0.05, 0) is 50.9 Å². The number of nitrogens with two attached hydrogens (primary N) is 1. The second-order valence-electron chi connectivity index (χ2n) is 7.87. The Morgan fingerprint density at radius 3 is 2.57 bits per heavy atom. The van der Waals surface area contributed by atoms with Crippen molar-refractivity contribution in [3.63, 3.8) is 0 Å². The summed E-state index contributed by atoms with van der Waals surface area (Å²) >= 11 is 0. The first kappa shape index (κ1) is 24.9. The zero-order valence-corrected chi connectivity index (χ0v) is 17.6. The standard InChI is InChI=1S/C23H41NO4/c1-2-17-28-22-18-21(26)19(13-9-6-7-11-15-23(24)27)20(22)14-10-5-3-4-8-12-16-25/h6,9-10,14,19-22,25-26H,2-5,7-8,11-13,15-18H2,1H3,(H2,24,27)/t19?,20-,21+,22-/m1/s1. The fourth-order valence-corrected chi connectivity index (χ4v) is 3.88. The third kappa shape index (κ3) is 10.4. The van der Waals surface area contributed by atoms with Crippen LogP contribution in [-0.4, -0.2) is 41.5 Å². The molecule has 1 rings (SSSR count). The third-order valence-corrected chi connectivity index (χ3v) is 5.43. The topological polar surface area (TPSA) is 92.8 Å². The van der Waals surface area contributed by atoms with Crippen molar-refractivity contribution in [2.24, 2.45) is 17.6 Å². The molecule has 0 spiro atoms. The van der Waals surface area contributed by atoms with E-state index in [2.05, 4.69) is 31.2 Å². The second kappa shape index (κ2) is 15.7. The van der Waals surface area contributed by atoms with Crippen LogP contribution in [0.5, 0.6) is 0 Å². The van der Waals surface area contributed by atoms with E-state index in [1.807, 2.05) is 0 Å². The van der Waals surface area contributed by atoms with Crippen molar-refractivity contribution in [1.29, 1.82) is 0 Å². The summed E-state index contributed by atoms with van der Waals surface area (Å²) in [5.74, 6) is 0.172. The molecule has 0 aliphatic heterocycles. The molecular weight excluding hydrogens is 354 g/mol. The maximum absolute atomic E-state index is 10.8. The van der Waals surface area contributed by atoms with Crippen LogP contribution in [-0.2, 0) is 9.53 Å². The summed E-state index contributed by atoms with van der Waals surface area (Å²) in [6.45, 7) is 3.12. The molecule has 1 saturated carbocycles. The Bertz CT molecular complexity index is 464. The summed E-state index contributed by atoms with van der Waals surface area (Å²) < 4.78 is 6.03. The lowest BCUT2D eigenvalue weighted by molar-refractivity contribution is -0.118. The Morgan fingerprint density at radius 2 is 1.86 bits per heavy atom. The summed E-state index contributed by atoms with van der Waals surface area (Å²) in [6.07, 6.45) is 18.3. The lowest BCUT2D eigenvalue weighted by atomic mass is 9.89. The molecule has 1 unspecified atom stereocenters. The summed E-state index contributed by atoms with van der Waals surface area (Å²) in [4.78, 5) is 10.8. The highest BCUT2D eigenvalue weighted by Gasteiger charge is 2.40. The molecule has 1 aliphatic rings. The molecule has 5 heteroatoms. The predicted octanol–water partition coefficient (Wildman–Crippen LogP) is 3.88. The number of carbonyl (C=O) groups excluding carboxylic acids is 1. The van der Waals surface area contributed by atoms with Crippen LogP contribution in [0.3, 0.4) is 0 Å². The zero-order chi connectivity index (χ0) is 20.6.